The van der Waals surface area contributed by atoms with Crippen molar-refractivity contribution in [3.63, 3.8) is 0 Å². The number of ether oxygens (including phenoxy) is 1. The smallest absolute Gasteiger partial charge is 0.224 e. The quantitative estimate of drug-likeness (QED) is 0.367. The van der Waals surface area contributed by atoms with Crippen molar-refractivity contribution in [2.24, 2.45) is 10.9 Å². The van der Waals surface area contributed by atoms with E-state index in [4.69, 9.17) is 15.7 Å². The number of rotatable bonds is 5. The highest BCUT2D eigenvalue weighted by molar-refractivity contribution is 5.99. The third-order valence-electron chi connectivity index (χ3n) is 3.74. The minimum Gasteiger partial charge on any atom is -0.477 e. The maximum atomic E-state index is 8.79. The van der Waals surface area contributed by atoms with Gasteiger partial charge in [0.05, 0.1) is 12.2 Å². The second-order valence-electron chi connectivity index (χ2n) is 5.20. The van der Waals surface area contributed by atoms with Crippen molar-refractivity contribution in [3.8, 4) is 5.88 Å². The Morgan fingerprint density at radius 2 is 2.40 bits per heavy atom. The molecule has 0 saturated carbocycles. The topological polar surface area (TPSA) is 84.0 Å². The monoisotopic (exact) mass is 278 g/mol. The van der Waals surface area contributed by atoms with E-state index in [1.807, 2.05) is 13.0 Å². The van der Waals surface area contributed by atoms with Gasteiger partial charge in [0.25, 0.3) is 0 Å². The summed E-state index contributed by atoms with van der Waals surface area (Å²) in [6.07, 6.45) is 3.43. The first-order valence-corrected chi connectivity index (χ1v) is 6.90. The number of pyridine rings is 1. The van der Waals surface area contributed by atoms with Gasteiger partial charge in [-0.2, -0.15) is 0 Å². The Kier molecular flexibility index (Phi) is 4.79. The standard InChI is InChI=1S/C14H22N4O2/c1-10-5-6-12(13(15)17-19)14(16-10)20-9-7-11-4-3-8-18(11)2/h5-6,11,19H,3-4,7-9H2,1-2H3,(H2,15,17). The summed E-state index contributed by atoms with van der Waals surface area (Å²) in [4.78, 5) is 6.68. The van der Waals surface area contributed by atoms with Crippen molar-refractivity contribution < 1.29 is 9.94 Å². The summed E-state index contributed by atoms with van der Waals surface area (Å²) in [7, 11) is 2.14. The molecular formula is C14H22N4O2. The Labute approximate surface area is 119 Å². The number of hydrogen-bond donors (Lipinski definition) is 2. The number of nitrogens with zero attached hydrogens (tertiary/aromatic N) is 3. The minimum absolute atomic E-state index is 0.0190. The molecule has 1 fully saturated rings. The number of likely N-dealkylation sites (tertiary alicyclic amines) is 1. The Morgan fingerprint density at radius 1 is 1.60 bits per heavy atom. The molecule has 1 aromatic heterocycles. The molecule has 0 amide bonds. The molecule has 2 heterocycles. The van der Waals surface area contributed by atoms with Crippen molar-refractivity contribution in [1.82, 2.24) is 9.88 Å². The zero-order valence-corrected chi connectivity index (χ0v) is 12.0. The molecule has 2 rings (SSSR count). The van der Waals surface area contributed by atoms with E-state index in [2.05, 4.69) is 22.1 Å². The lowest BCUT2D eigenvalue weighted by Crippen LogP contribution is -2.27. The maximum absolute atomic E-state index is 8.79. The summed E-state index contributed by atoms with van der Waals surface area (Å²) in [6, 6.07) is 4.14. The van der Waals surface area contributed by atoms with Crippen molar-refractivity contribution in [1.29, 1.82) is 0 Å². The van der Waals surface area contributed by atoms with Crippen LogP contribution in [0.25, 0.3) is 0 Å². The third kappa shape index (κ3) is 3.39. The van der Waals surface area contributed by atoms with Gasteiger partial charge in [-0.1, -0.05) is 5.16 Å². The highest BCUT2D eigenvalue weighted by Gasteiger charge is 2.20. The first-order valence-electron chi connectivity index (χ1n) is 6.90. The Hall–Kier alpha value is -1.82. The largest absolute Gasteiger partial charge is 0.477 e. The van der Waals surface area contributed by atoms with Crippen LogP contribution in [-0.2, 0) is 0 Å². The molecule has 0 aromatic carbocycles. The molecule has 0 radical (unpaired) electrons. The van der Waals surface area contributed by atoms with Crippen LogP contribution in [0.5, 0.6) is 5.88 Å². The zero-order valence-electron chi connectivity index (χ0n) is 12.0. The molecule has 1 aliphatic heterocycles. The molecule has 1 aromatic rings. The lowest BCUT2D eigenvalue weighted by atomic mass is 10.1. The third-order valence-corrected chi connectivity index (χ3v) is 3.74. The average molecular weight is 278 g/mol. The lowest BCUT2D eigenvalue weighted by molar-refractivity contribution is 0.228. The number of nitrogens with two attached hydrogens (primary N) is 1. The fourth-order valence-corrected chi connectivity index (χ4v) is 2.53. The van der Waals surface area contributed by atoms with Crippen LogP contribution >= 0.6 is 0 Å². The predicted octanol–water partition coefficient (Wildman–Crippen LogP) is 1.35. The van der Waals surface area contributed by atoms with E-state index < -0.39 is 0 Å². The van der Waals surface area contributed by atoms with Crippen LogP contribution in [-0.4, -0.2) is 47.2 Å². The van der Waals surface area contributed by atoms with Crippen molar-refractivity contribution in [3.05, 3.63) is 23.4 Å². The Bertz CT molecular complexity index is 490. The van der Waals surface area contributed by atoms with Gasteiger partial charge in [-0.05, 0) is 51.9 Å². The molecule has 1 aliphatic rings. The highest BCUT2D eigenvalue weighted by atomic mass is 16.5. The van der Waals surface area contributed by atoms with E-state index >= 15 is 0 Å². The minimum atomic E-state index is 0.0190. The summed E-state index contributed by atoms with van der Waals surface area (Å²) < 4.78 is 5.74. The number of aryl methyl sites for hydroxylation is 1. The van der Waals surface area contributed by atoms with Gasteiger partial charge in [-0.15, -0.1) is 0 Å². The van der Waals surface area contributed by atoms with E-state index in [-0.39, 0.29) is 5.84 Å². The normalized spacial score (nSPS) is 20.3. The first-order chi connectivity index (χ1) is 9.61. The van der Waals surface area contributed by atoms with E-state index in [9.17, 15) is 0 Å². The van der Waals surface area contributed by atoms with Crippen LogP contribution in [0.3, 0.4) is 0 Å². The maximum Gasteiger partial charge on any atom is 0.224 e. The summed E-state index contributed by atoms with van der Waals surface area (Å²) in [5, 5.41) is 11.8. The lowest BCUT2D eigenvalue weighted by Gasteiger charge is -2.19. The summed E-state index contributed by atoms with van der Waals surface area (Å²) in [5.41, 5.74) is 7.00. The Morgan fingerprint density at radius 3 is 3.05 bits per heavy atom. The second kappa shape index (κ2) is 6.56. The first kappa shape index (κ1) is 14.6. The average Bonchev–Trinajstić information content (AvgIpc) is 2.84. The summed E-state index contributed by atoms with van der Waals surface area (Å²) in [5.74, 6) is 0.450. The molecule has 0 spiro atoms. The van der Waals surface area contributed by atoms with Gasteiger partial charge in [-0.25, -0.2) is 4.98 Å². The summed E-state index contributed by atoms with van der Waals surface area (Å²) in [6.45, 7) is 3.62. The van der Waals surface area contributed by atoms with Gasteiger partial charge in [-0.3, -0.25) is 0 Å². The van der Waals surface area contributed by atoms with Crippen molar-refractivity contribution >= 4 is 5.84 Å². The molecule has 20 heavy (non-hydrogen) atoms. The van der Waals surface area contributed by atoms with E-state index in [0.717, 1.165) is 18.7 Å². The molecule has 110 valence electrons. The molecule has 3 N–H and O–H groups in total. The molecule has 0 aliphatic carbocycles. The van der Waals surface area contributed by atoms with E-state index in [1.165, 1.54) is 12.8 Å². The molecule has 0 bridgehead atoms. The van der Waals surface area contributed by atoms with E-state index in [0.29, 0.717) is 24.1 Å². The predicted molar refractivity (Wildman–Crippen MR) is 77.2 cm³/mol. The SMILES string of the molecule is Cc1ccc(C(N)=NO)c(OCCC2CCCN2C)n1. The number of amidine groups is 1. The van der Waals surface area contributed by atoms with Crippen molar-refractivity contribution in [2.75, 3.05) is 20.2 Å². The van der Waals surface area contributed by atoms with Crippen LogP contribution in [0, 0.1) is 6.92 Å². The number of hydrogen-bond acceptors (Lipinski definition) is 5. The van der Waals surface area contributed by atoms with Gasteiger partial charge in [0.2, 0.25) is 5.88 Å². The fourth-order valence-electron chi connectivity index (χ4n) is 2.53. The Balaban J connectivity index is 1.99. The molecule has 6 heteroatoms. The molecular weight excluding hydrogens is 256 g/mol. The number of aromatic nitrogens is 1. The van der Waals surface area contributed by atoms with Gasteiger partial charge >= 0.3 is 0 Å². The fraction of sp³-hybridized carbons (Fsp3) is 0.571. The molecule has 6 nitrogen and oxygen atoms in total. The van der Waals surface area contributed by atoms with Gasteiger partial charge in [0.15, 0.2) is 5.84 Å². The van der Waals surface area contributed by atoms with Gasteiger partial charge in [0, 0.05) is 11.7 Å². The van der Waals surface area contributed by atoms with Crippen LogP contribution < -0.4 is 10.5 Å². The van der Waals surface area contributed by atoms with Crippen LogP contribution in [0.15, 0.2) is 17.3 Å². The van der Waals surface area contributed by atoms with Gasteiger partial charge in [0.1, 0.15) is 0 Å². The summed E-state index contributed by atoms with van der Waals surface area (Å²) >= 11 is 0. The van der Waals surface area contributed by atoms with Crippen LogP contribution in [0.2, 0.25) is 0 Å². The second-order valence-corrected chi connectivity index (χ2v) is 5.20. The van der Waals surface area contributed by atoms with Crippen LogP contribution in [0.1, 0.15) is 30.5 Å². The van der Waals surface area contributed by atoms with E-state index in [1.54, 1.807) is 6.07 Å². The highest BCUT2D eigenvalue weighted by Crippen LogP contribution is 2.20. The zero-order chi connectivity index (χ0) is 14.5. The van der Waals surface area contributed by atoms with Crippen LogP contribution in [0.4, 0.5) is 0 Å². The molecule has 1 unspecified atom stereocenters. The molecule has 1 saturated heterocycles. The van der Waals surface area contributed by atoms with Crippen molar-refractivity contribution in [2.45, 2.75) is 32.2 Å². The van der Waals surface area contributed by atoms with Gasteiger partial charge < -0.3 is 20.6 Å². The molecule has 1 atom stereocenters. The number of oxime groups is 1.